The number of hydrogen-bond acceptors (Lipinski definition) is 4. The smallest absolute Gasteiger partial charge is 0.319 e. The van der Waals surface area contributed by atoms with Gasteiger partial charge in [-0.15, -0.1) is 0 Å². The molecule has 3 atom stereocenters. The van der Waals surface area contributed by atoms with E-state index >= 15 is 0 Å². The highest BCUT2D eigenvalue weighted by Crippen LogP contribution is 2.25. The minimum atomic E-state index is -0.671. The number of carbonyl (C=O) groups is 3. The zero-order valence-corrected chi connectivity index (χ0v) is 17.6. The maximum absolute atomic E-state index is 12.9. The Morgan fingerprint density at radius 1 is 1.23 bits per heavy atom. The van der Waals surface area contributed by atoms with Gasteiger partial charge in [0.2, 0.25) is 11.8 Å². The van der Waals surface area contributed by atoms with Gasteiger partial charge in [-0.25, -0.2) is 4.79 Å². The number of aromatic hydroxyl groups is 1. The molecule has 4 rings (SSSR count). The number of piperazine rings is 1. The van der Waals surface area contributed by atoms with Gasteiger partial charge in [0.05, 0.1) is 6.04 Å². The van der Waals surface area contributed by atoms with Crippen molar-refractivity contribution in [1.82, 2.24) is 15.5 Å². The van der Waals surface area contributed by atoms with E-state index in [1.165, 1.54) is 0 Å². The van der Waals surface area contributed by atoms with Crippen molar-refractivity contribution in [2.45, 2.75) is 37.9 Å². The lowest BCUT2D eigenvalue weighted by Gasteiger charge is -2.34. The van der Waals surface area contributed by atoms with Crippen molar-refractivity contribution in [1.29, 1.82) is 0 Å². The van der Waals surface area contributed by atoms with E-state index in [2.05, 4.69) is 16.0 Å². The number of nitrogens with zero attached hydrogens (tertiary/aromatic N) is 1. The van der Waals surface area contributed by atoms with Gasteiger partial charge in [0, 0.05) is 23.7 Å². The predicted octanol–water partition coefficient (Wildman–Crippen LogP) is 2.19. The van der Waals surface area contributed by atoms with Gasteiger partial charge in [0.1, 0.15) is 17.8 Å². The molecule has 0 unspecified atom stereocenters. The molecule has 0 bridgehead atoms. The topological polar surface area (TPSA) is 111 Å². The lowest BCUT2D eigenvalue weighted by molar-refractivity contribution is -0.147. The fraction of sp³-hybridized carbons (Fsp3) is 0.318. The molecule has 8 nitrogen and oxygen atoms in total. The fourth-order valence-corrected chi connectivity index (χ4v) is 4.23. The quantitative estimate of drug-likeness (QED) is 0.581. The number of hydrogen-bond donors (Lipinski definition) is 4. The number of benzene rings is 2. The summed E-state index contributed by atoms with van der Waals surface area (Å²) in [6.07, 6.45) is 0.687. The average molecular weight is 443 g/mol. The molecule has 2 aromatic rings. The maximum atomic E-state index is 12.9. The Hall–Kier alpha value is -3.26. The van der Waals surface area contributed by atoms with E-state index in [9.17, 15) is 19.5 Å². The van der Waals surface area contributed by atoms with Crippen LogP contribution in [0.5, 0.6) is 5.75 Å². The number of halogens is 1. The summed E-state index contributed by atoms with van der Waals surface area (Å²) in [7, 11) is 0. The van der Waals surface area contributed by atoms with Crippen LogP contribution in [0.2, 0.25) is 5.02 Å². The average Bonchev–Trinajstić information content (AvgIpc) is 3.15. The summed E-state index contributed by atoms with van der Waals surface area (Å²) in [5.41, 5.74) is 2.19. The minimum absolute atomic E-state index is 0.141. The molecule has 9 heteroatoms. The summed E-state index contributed by atoms with van der Waals surface area (Å²) in [6.45, 7) is 2.08. The number of carbonyl (C=O) groups excluding carboxylic acids is 3. The molecule has 0 aliphatic carbocycles. The molecule has 4 N–H and O–H groups in total. The molecule has 4 amide bonds. The van der Waals surface area contributed by atoms with E-state index in [0.717, 1.165) is 11.1 Å². The Kier molecular flexibility index (Phi) is 5.73. The van der Waals surface area contributed by atoms with E-state index in [4.69, 9.17) is 11.6 Å². The molecule has 2 saturated heterocycles. The molecular formula is C22H23ClN4O4. The first-order valence-electron chi connectivity index (χ1n) is 10.0. The lowest BCUT2D eigenvalue weighted by Crippen LogP contribution is -2.61. The molecular weight excluding hydrogens is 420 g/mol. The van der Waals surface area contributed by atoms with E-state index in [-0.39, 0.29) is 30.2 Å². The molecule has 2 aliphatic heterocycles. The molecule has 0 aromatic heterocycles. The third-order valence-electron chi connectivity index (χ3n) is 5.73. The first kappa shape index (κ1) is 21.0. The third kappa shape index (κ3) is 4.44. The number of amides is 4. The van der Waals surface area contributed by atoms with Crippen LogP contribution in [-0.2, 0) is 16.0 Å². The van der Waals surface area contributed by atoms with E-state index in [0.29, 0.717) is 23.6 Å². The predicted molar refractivity (Wildman–Crippen MR) is 116 cm³/mol. The van der Waals surface area contributed by atoms with Gasteiger partial charge in [0.15, 0.2) is 0 Å². The number of phenols is 1. The second kappa shape index (κ2) is 8.47. The minimum Gasteiger partial charge on any atom is -0.508 e. The van der Waals surface area contributed by atoms with Crippen molar-refractivity contribution in [3.8, 4) is 5.75 Å². The molecule has 0 spiro atoms. The molecule has 2 aromatic carbocycles. The van der Waals surface area contributed by atoms with E-state index in [1.54, 1.807) is 47.4 Å². The van der Waals surface area contributed by atoms with Crippen LogP contribution in [0.1, 0.15) is 17.5 Å². The van der Waals surface area contributed by atoms with Gasteiger partial charge >= 0.3 is 6.03 Å². The number of rotatable bonds is 4. The summed E-state index contributed by atoms with van der Waals surface area (Å²) >= 11 is 6.09. The number of nitrogens with one attached hydrogen (secondary N) is 3. The van der Waals surface area contributed by atoms with Gasteiger partial charge < -0.3 is 26.0 Å². The number of urea groups is 1. The standard InChI is InChI=1S/C22H23ClN4O4/c1-12-16(23)3-2-4-17(12)26-22(31)24-14-10-19-20(29)25-18(21(30)27(19)11-14)9-13-5-7-15(28)8-6-13/h2-8,14,18-19,28H,9-11H2,1H3,(H,25,29)(H2,24,26,31)/t14-,18+,19-/m0/s1. The van der Waals surface area contributed by atoms with Crippen molar-refractivity contribution in [2.24, 2.45) is 0 Å². The molecule has 2 fully saturated rings. The zero-order chi connectivity index (χ0) is 22.1. The molecule has 2 heterocycles. The highest BCUT2D eigenvalue weighted by molar-refractivity contribution is 6.31. The summed E-state index contributed by atoms with van der Waals surface area (Å²) in [5, 5.41) is 18.4. The Morgan fingerprint density at radius 3 is 2.71 bits per heavy atom. The van der Waals surface area contributed by atoms with Gasteiger partial charge in [-0.3, -0.25) is 9.59 Å². The second-order valence-electron chi connectivity index (χ2n) is 7.88. The summed E-state index contributed by atoms with van der Waals surface area (Å²) < 4.78 is 0. The number of phenolic OH excluding ortho intramolecular Hbond substituents is 1. The zero-order valence-electron chi connectivity index (χ0n) is 16.9. The Bertz CT molecular complexity index is 1030. The molecule has 162 valence electrons. The van der Waals surface area contributed by atoms with Crippen molar-refractivity contribution < 1.29 is 19.5 Å². The van der Waals surface area contributed by atoms with Crippen molar-refractivity contribution in [3.63, 3.8) is 0 Å². The van der Waals surface area contributed by atoms with Crippen LogP contribution in [0.3, 0.4) is 0 Å². The molecule has 0 saturated carbocycles. The second-order valence-corrected chi connectivity index (χ2v) is 8.29. The normalized spacial score (nSPS) is 22.6. The van der Waals surface area contributed by atoms with Crippen LogP contribution >= 0.6 is 11.6 Å². The van der Waals surface area contributed by atoms with Crippen molar-refractivity contribution >= 4 is 35.1 Å². The van der Waals surface area contributed by atoms with Crippen molar-refractivity contribution in [2.75, 3.05) is 11.9 Å². The van der Waals surface area contributed by atoms with Crippen LogP contribution in [-0.4, -0.2) is 52.5 Å². The van der Waals surface area contributed by atoms with Gasteiger partial charge in [-0.2, -0.15) is 0 Å². The van der Waals surface area contributed by atoms with E-state index < -0.39 is 18.1 Å². The lowest BCUT2D eigenvalue weighted by atomic mass is 10.0. The van der Waals surface area contributed by atoms with Crippen LogP contribution < -0.4 is 16.0 Å². The van der Waals surface area contributed by atoms with Crippen molar-refractivity contribution in [3.05, 3.63) is 58.6 Å². The first-order valence-corrected chi connectivity index (χ1v) is 10.4. The Balaban J connectivity index is 1.38. The largest absolute Gasteiger partial charge is 0.508 e. The number of anilines is 1. The van der Waals surface area contributed by atoms with Crippen LogP contribution in [0.25, 0.3) is 0 Å². The van der Waals surface area contributed by atoms with Crippen LogP contribution in [0.15, 0.2) is 42.5 Å². The molecule has 31 heavy (non-hydrogen) atoms. The van der Waals surface area contributed by atoms with Crippen LogP contribution in [0, 0.1) is 6.92 Å². The summed E-state index contributed by atoms with van der Waals surface area (Å²) in [5.74, 6) is -0.255. The molecule has 0 radical (unpaired) electrons. The summed E-state index contributed by atoms with van der Waals surface area (Å²) in [4.78, 5) is 39.5. The Morgan fingerprint density at radius 2 is 1.97 bits per heavy atom. The van der Waals surface area contributed by atoms with Gasteiger partial charge in [-0.05, 0) is 48.7 Å². The van der Waals surface area contributed by atoms with Crippen LogP contribution in [0.4, 0.5) is 10.5 Å². The van der Waals surface area contributed by atoms with E-state index in [1.807, 2.05) is 6.92 Å². The Labute approximate surface area is 184 Å². The molecule has 2 aliphatic rings. The number of fused-ring (bicyclic) bond motifs is 1. The maximum Gasteiger partial charge on any atom is 0.319 e. The van der Waals surface area contributed by atoms with Gasteiger partial charge in [0.25, 0.3) is 0 Å². The fourth-order valence-electron chi connectivity index (χ4n) is 4.06. The third-order valence-corrected chi connectivity index (χ3v) is 6.14. The summed E-state index contributed by atoms with van der Waals surface area (Å²) in [6, 6.07) is 9.75. The highest BCUT2D eigenvalue weighted by atomic mass is 35.5. The van der Waals surface area contributed by atoms with Gasteiger partial charge in [-0.1, -0.05) is 29.8 Å². The first-order chi connectivity index (χ1) is 14.8. The highest BCUT2D eigenvalue weighted by Gasteiger charge is 2.46. The monoisotopic (exact) mass is 442 g/mol. The SMILES string of the molecule is Cc1c(Cl)cccc1NC(=O)N[C@H]1C[C@H]2C(=O)N[C@H](Cc3ccc(O)cc3)C(=O)N2C1.